The Bertz CT molecular complexity index is 986. The van der Waals surface area contributed by atoms with Gasteiger partial charge in [0.15, 0.2) is 6.61 Å². The molecule has 3 amide bonds. The highest BCUT2D eigenvalue weighted by atomic mass is 16.5. The molecule has 29 heavy (non-hydrogen) atoms. The van der Waals surface area contributed by atoms with Gasteiger partial charge in [-0.1, -0.05) is 48.0 Å². The lowest BCUT2D eigenvalue weighted by atomic mass is 9.92. The lowest BCUT2D eigenvalue weighted by Crippen LogP contribution is -2.41. The lowest BCUT2D eigenvalue weighted by molar-refractivity contribution is -0.146. The van der Waals surface area contributed by atoms with Crippen molar-refractivity contribution in [1.29, 1.82) is 0 Å². The van der Waals surface area contributed by atoms with Crippen molar-refractivity contribution in [2.24, 2.45) is 0 Å². The molecule has 1 atom stereocenters. The second kappa shape index (κ2) is 7.87. The van der Waals surface area contributed by atoms with Crippen LogP contribution in [-0.2, 0) is 19.9 Å². The average Bonchev–Trinajstić information content (AvgIpc) is 2.92. The SMILES string of the molecule is Cc1ccc(C)c(C(=O)COC(=O)CN2C(=O)N[C@](C)(c3ccccc3)C2=O)c1. The van der Waals surface area contributed by atoms with Crippen molar-refractivity contribution in [1.82, 2.24) is 10.2 Å². The number of ketones is 1. The molecule has 0 aromatic heterocycles. The van der Waals surface area contributed by atoms with Crippen LogP contribution < -0.4 is 5.32 Å². The fourth-order valence-electron chi connectivity index (χ4n) is 3.24. The second-order valence-corrected chi connectivity index (χ2v) is 7.21. The van der Waals surface area contributed by atoms with Gasteiger partial charge in [0.1, 0.15) is 12.1 Å². The number of carbonyl (C=O) groups is 4. The number of carbonyl (C=O) groups excluding carboxylic acids is 4. The Morgan fingerprint density at radius 3 is 2.45 bits per heavy atom. The van der Waals surface area contributed by atoms with E-state index in [4.69, 9.17) is 4.74 Å². The van der Waals surface area contributed by atoms with E-state index < -0.39 is 36.6 Å². The van der Waals surface area contributed by atoms with E-state index in [2.05, 4.69) is 5.32 Å². The third kappa shape index (κ3) is 4.03. The zero-order chi connectivity index (χ0) is 21.2. The number of nitrogens with zero attached hydrogens (tertiary/aromatic N) is 1. The fourth-order valence-corrected chi connectivity index (χ4v) is 3.24. The van der Waals surface area contributed by atoms with Gasteiger partial charge in [0.2, 0.25) is 5.78 Å². The van der Waals surface area contributed by atoms with Gasteiger partial charge in [-0.05, 0) is 38.0 Å². The molecule has 0 bridgehead atoms. The standard InChI is InChI=1S/C22H22N2O5/c1-14-9-10-15(2)17(11-14)18(25)13-29-19(26)12-24-20(27)22(3,23-21(24)28)16-7-5-4-6-8-16/h4-11H,12-13H2,1-3H3,(H,23,28)/t22-/m1/s1. The summed E-state index contributed by atoms with van der Waals surface area (Å²) >= 11 is 0. The van der Waals surface area contributed by atoms with E-state index >= 15 is 0 Å². The van der Waals surface area contributed by atoms with Crippen LogP contribution in [0.1, 0.15) is 34.0 Å². The van der Waals surface area contributed by atoms with Gasteiger partial charge >= 0.3 is 12.0 Å². The van der Waals surface area contributed by atoms with E-state index in [-0.39, 0.29) is 5.78 Å². The van der Waals surface area contributed by atoms with Crippen molar-refractivity contribution < 1.29 is 23.9 Å². The number of Topliss-reactive ketones (excluding diaryl/α,β-unsaturated/α-hetero) is 1. The molecule has 150 valence electrons. The van der Waals surface area contributed by atoms with Crippen molar-refractivity contribution in [3.8, 4) is 0 Å². The van der Waals surface area contributed by atoms with Crippen LogP contribution in [0.25, 0.3) is 0 Å². The monoisotopic (exact) mass is 394 g/mol. The van der Waals surface area contributed by atoms with Crippen LogP contribution in [0.5, 0.6) is 0 Å². The Morgan fingerprint density at radius 2 is 1.76 bits per heavy atom. The molecule has 0 unspecified atom stereocenters. The maximum atomic E-state index is 12.8. The molecule has 1 saturated heterocycles. The highest BCUT2D eigenvalue weighted by Gasteiger charge is 2.49. The van der Waals surface area contributed by atoms with E-state index in [1.165, 1.54) is 0 Å². The number of imide groups is 1. The summed E-state index contributed by atoms with van der Waals surface area (Å²) in [5.41, 5.74) is 1.53. The van der Waals surface area contributed by atoms with Crippen LogP contribution in [0.15, 0.2) is 48.5 Å². The predicted molar refractivity (Wildman–Crippen MR) is 105 cm³/mol. The molecule has 1 aliphatic heterocycles. The lowest BCUT2D eigenvalue weighted by Gasteiger charge is -2.21. The van der Waals surface area contributed by atoms with E-state index in [0.717, 1.165) is 16.0 Å². The van der Waals surface area contributed by atoms with E-state index in [1.54, 1.807) is 50.2 Å². The third-order valence-corrected chi connectivity index (χ3v) is 4.97. The second-order valence-electron chi connectivity index (χ2n) is 7.21. The highest BCUT2D eigenvalue weighted by Crippen LogP contribution is 2.28. The summed E-state index contributed by atoms with van der Waals surface area (Å²) in [7, 11) is 0. The van der Waals surface area contributed by atoms with Crippen molar-refractivity contribution in [3.05, 3.63) is 70.8 Å². The molecule has 2 aromatic rings. The number of ether oxygens (including phenoxy) is 1. The quantitative estimate of drug-likeness (QED) is 0.462. The number of nitrogens with one attached hydrogen (secondary N) is 1. The zero-order valence-electron chi connectivity index (χ0n) is 16.5. The smallest absolute Gasteiger partial charge is 0.326 e. The number of rotatable bonds is 6. The third-order valence-electron chi connectivity index (χ3n) is 4.97. The first kappa shape index (κ1) is 20.3. The van der Waals surface area contributed by atoms with Crippen molar-refractivity contribution in [2.75, 3.05) is 13.2 Å². The van der Waals surface area contributed by atoms with E-state index in [0.29, 0.717) is 11.1 Å². The summed E-state index contributed by atoms with van der Waals surface area (Å²) in [5.74, 6) is -1.72. The Kier molecular flexibility index (Phi) is 5.50. The predicted octanol–water partition coefficient (Wildman–Crippen LogP) is 2.50. The van der Waals surface area contributed by atoms with Crippen molar-refractivity contribution in [3.63, 3.8) is 0 Å². The first-order valence-corrected chi connectivity index (χ1v) is 9.18. The largest absolute Gasteiger partial charge is 0.456 e. The minimum absolute atomic E-state index is 0.342. The molecule has 3 rings (SSSR count). The zero-order valence-corrected chi connectivity index (χ0v) is 16.5. The van der Waals surface area contributed by atoms with Crippen LogP contribution in [0, 0.1) is 13.8 Å². The number of hydrogen-bond donors (Lipinski definition) is 1. The van der Waals surface area contributed by atoms with E-state index in [9.17, 15) is 19.2 Å². The molecule has 2 aromatic carbocycles. The molecule has 1 heterocycles. The molecule has 0 spiro atoms. The fraction of sp³-hybridized carbons (Fsp3) is 0.273. The maximum absolute atomic E-state index is 12.8. The molecule has 1 fully saturated rings. The topological polar surface area (TPSA) is 92.8 Å². The summed E-state index contributed by atoms with van der Waals surface area (Å²) in [5, 5.41) is 2.62. The number of hydrogen-bond acceptors (Lipinski definition) is 5. The van der Waals surface area contributed by atoms with Gasteiger partial charge in [0.05, 0.1) is 0 Å². The number of benzene rings is 2. The van der Waals surface area contributed by atoms with E-state index in [1.807, 2.05) is 19.1 Å². The van der Waals surface area contributed by atoms with Gasteiger partial charge in [-0.3, -0.25) is 19.3 Å². The number of esters is 1. The van der Waals surface area contributed by atoms with Crippen molar-refractivity contribution >= 4 is 23.7 Å². The summed E-state index contributed by atoms with van der Waals surface area (Å²) < 4.78 is 5.02. The number of urea groups is 1. The van der Waals surface area contributed by atoms with Gasteiger partial charge in [-0.25, -0.2) is 4.79 Å². The number of amides is 3. The Balaban J connectivity index is 1.63. The molecule has 1 N–H and O–H groups in total. The van der Waals surface area contributed by atoms with Gasteiger partial charge in [0, 0.05) is 5.56 Å². The summed E-state index contributed by atoms with van der Waals surface area (Å²) in [6, 6.07) is 13.5. The Hall–Kier alpha value is -3.48. The van der Waals surface area contributed by atoms with Crippen molar-refractivity contribution in [2.45, 2.75) is 26.3 Å². The molecule has 7 nitrogen and oxygen atoms in total. The molecular weight excluding hydrogens is 372 g/mol. The summed E-state index contributed by atoms with van der Waals surface area (Å²) in [4.78, 5) is 50.4. The molecule has 0 aliphatic carbocycles. The Labute approximate surface area is 168 Å². The first-order valence-electron chi connectivity index (χ1n) is 9.18. The number of aryl methyl sites for hydroxylation is 2. The molecule has 0 saturated carbocycles. The minimum Gasteiger partial charge on any atom is -0.456 e. The van der Waals surface area contributed by atoms with Crippen LogP contribution in [0.2, 0.25) is 0 Å². The van der Waals surface area contributed by atoms with Gasteiger partial charge < -0.3 is 10.1 Å². The molecular formula is C22H22N2O5. The van der Waals surface area contributed by atoms with Gasteiger partial charge in [0.25, 0.3) is 5.91 Å². The van der Waals surface area contributed by atoms with Crippen LogP contribution in [0.3, 0.4) is 0 Å². The highest BCUT2D eigenvalue weighted by molar-refractivity contribution is 6.09. The summed E-state index contributed by atoms with van der Waals surface area (Å²) in [6.45, 7) is 4.23. The first-order chi connectivity index (χ1) is 13.7. The molecule has 1 aliphatic rings. The normalized spacial score (nSPS) is 18.5. The van der Waals surface area contributed by atoms with Gasteiger partial charge in [-0.15, -0.1) is 0 Å². The molecule has 0 radical (unpaired) electrons. The van der Waals surface area contributed by atoms with Gasteiger partial charge in [-0.2, -0.15) is 0 Å². The van der Waals surface area contributed by atoms with Crippen LogP contribution in [0.4, 0.5) is 4.79 Å². The average molecular weight is 394 g/mol. The minimum atomic E-state index is -1.26. The van der Waals surface area contributed by atoms with Crippen LogP contribution in [-0.4, -0.2) is 41.7 Å². The summed E-state index contributed by atoms with van der Waals surface area (Å²) in [6.07, 6.45) is 0. The maximum Gasteiger partial charge on any atom is 0.326 e. The van der Waals surface area contributed by atoms with Crippen LogP contribution >= 0.6 is 0 Å². The molecule has 7 heteroatoms. The Morgan fingerprint density at radius 1 is 1.07 bits per heavy atom.